The average molecular weight is 171 g/mol. The lowest BCUT2D eigenvalue weighted by molar-refractivity contribution is -0.676. The van der Waals surface area contributed by atoms with Crippen molar-refractivity contribution in [3.8, 4) is 0 Å². The zero-order chi connectivity index (χ0) is 8.97. The monoisotopic (exact) mass is 171 g/mol. The third-order valence-electron chi connectivity index (χ3n) is 0.930. The lowest BCUT2D eigenvalue weighted by Gasteiger charge is -2.33. The lowest BCUT2D eigenvalue weighted by Crippen LogP contribution is -2.43. The van der Waals surface area contributed by atoms with E-state index in [-0.39, 0.29) is 0 Å². The van der Waals surface area contributed by atoms with Crippen LogP contribution in [0.1, 0.15) is 0 Å². The summed E-state index contributed by atoms with van der Waals surface area (Å²) in [6, 6.07) is 0. The molecule has 12 heavy (non-hydrogen) atoms. The van der Waals surface area contributed by atoms with Gasteiger partial charge in [0.25, 0.3) is 0 Å². The topological polar surface area (TPSA) is 37.4 Å². The van der Waals surface area contributed by atoms with E-state index in [9.17, 15) is 0 Å². The molecule has 0 amide bonds. The zero-order valence-electron chi connectivity index (χ0n) is 6.42. The van der Waals surface area contributed by atoms with Crippen LogP contribution >= 0.6 is 0 Å². The van der Waals surface area contributed by atoms with Crippen LogP contribution in [0.5, 0.6) is 0 Å². The van der Waals surface area contributed by atoms with Crippen LogP contribution in [-0.4, -0.2) is 15.7 Å². The van der Waals surface area contributed by atoms with E-state index < -0.39 is 0 Å². The highest BCUT2D eigenvalue weighted by Gasteiger charge is 2.20. The molecule has 6 nitrogen and oxygen atoms in total. The molecule has 0 aromatic heterocycles. The molecule has 0 aromatic rings. The van der Waals surface area contributed by atoms with Gasteiger partial charge in [-0.25, -0.2) is 0 Å². The molecule has 1 rings (SSSR count). The molecule has 0 unspecified atom stereocenters. The Morgan fingerprint density at radius 1 is 0.667 bits per heavy atom. The Balaban J connectivity index is 2.57. The Morgan fingerprint density at radius 3 is 1.08 bits per heavy atom. The lowest BCUT2D eigenvalue weighted by atomic mass is 11.0. The van der Waals surface area contributed by atoms with Crippen molar-refractivity contribution < 1.29 is 14.8 Å². The summed E-state index contributed by atoms with van der Waals surface area (Å²) in [7, 11) is 0. The summed E-state index contributed by atoms with van der Waals surface area (Å²) >= 11 is 0. The SMILES string of the molecule is C=CN1ON(C=C)ON(C=C)O1. The molecular weight excluding hydrogens is 162 g/mol. The third-order valence-corrected chi connectivity index (χ3v) is 0.930. The van der Waals surface area contributed by atoms with Gasteiger partial charge in [-0.2, -0.15) is 0 Å². The van der Waals surface area contributed by atoms with Crippen LogP contribution in [0.15, 0.2) is 38.3 Å². The van der Waals surface area contributed by atoms with Gasteiger partial charge < -0.3 is 0 Å². The van der Waals surface area contributed by atoms with Crippen molar-refractivity contribution in [3.05, 3.63) is 38.3 Å². The molecular formula is C6H9N3O3. The molecule has 1 heterocycles. The summed E-state index contributed by atoms with van der Waals surface area (Å²) < 4.78 is 0. The highest BCUT2D eigenvalue weighted by atomic mass is 17.3. The Morgan fingerprint density at radius 2 is 0.917 bits per heavy atom. The minimum atomic E-state index is 0.965. The molecule has 0 aliphatic carbocycles. The Hall–Kier alpha value is -1.50. The van der Waals surface area contributed by atoms with Gasteiger partial charge in [0.1, 0.15) is 0 Å². The minimum Gasteiger partial charge on any atom is -0.0971 e. The summed E-state index contributed by atoms with van der Waals surface area (Å²) in [5.41, 5.74) is 0. The molecule has 1 fully saturated rings. The zero-order valence-corrected chi connectivity index (χ0v) is 6.42. The molecule has 0 spiro atoms. The molecule has 6 heteroatoms. The van der Waals surface area contributed by atoms with Gasteiger partial charge in [0.15, 0.2) is 0 Å². The Kier molecular flexibility index (Phi) is 2.70. The Labute approximate surface area is 69.8 Å². The molecule has 1 aliphatic heterocycles. The Bertz CT molecular complexity index is 157. The maximum Gasteiger partial charge on any atom is 0.0565 e. The standard InChI is InChI=1S/C6H9N3O3/c1-4-7-10-8(5-2)12-9(6-3)11-7/h4-6H,1-3H2. The number of hydrogen-bond acceptors (Lipinski definition) is 6. The highest BCUT2D eigenvalue weighted by Crippen LogP contribution is 2.11. The molecule has 0 radical (unpaired) electrons. The normalized spacial score (nSPS) is 17.5. The van der Waals surface area contributed by atoms with Gasteiger partial charge in [0.2, 0.25) is 0 Å². The first-order chi connectivity index (χ1) is 5.80. The summed E-state index contributed by atoms with van der Waals surface area (Å²) in [4.78, 5) is 14.4. The maximum absolute atomic E-state index is 4.81. The first-order valence-corrected chi connectivity index (χ1v) is 3.09. The smallest absolute Gasteiger partial charge is 0.0565 e. The quantitative estimate of drug-likeness (QED) is 0.627. The van der Waals surface area contributed by atoms with Gasteiger partial charge in [-0.15, -0.1) is 0 Å². The van der Waals surface area contributed by atoms with Crippen LogP contribution in [-0.2, 0) is 14.8 Å². The van der Waals surface area contributed by atoms with Crippen molar-refractivity contribution in [2.75, 3.05) is 0 Å². The third kappa shape index (κ3) is 1.76. The van der Waals surface area contributed by atoms with Crippen LogP contribution < -0.4 is 0 Å². The second-order valence-corrected chi connectivity index (χ2v) is 1.65. The van der Waals surface area contributed by atoms with Gasteiger partial charge in [0.05, 0.1) is 18.6 Å². The van der Waals surface area contributed by atoms with Crippen LogP contribution in [0.3, 0.4) is 0 Å². The van der Waals surface area contributed by atoms with Gasteiger partial charge in [-0.1, -0.05) is 50.2 Å². The van der Waals surface area contributed by atoms with E-state index in [0.717, 1.165) is 15.7 Å². The van der Waals surface area contributed by atoms with E-state index in [0.29, 0.717) is 0 Å². The van der Waals surface area contributed by atoms with Crippen LogP contribution in [0.25, 0.3) is 0 Å². The van der Waals surface area contributed by atoms with Gasteiger partial charge in [-0.05, 0) is 0 Å². The fourth-order valence-electron chi connectivity index (χ4n) is 0.483. The molecule has 66 valence electrons. The molecule has 0 N–H and O–H groups in total. The van der Waals surface area contributed by atoms with Crippen molar-refractivity contribution in [3.63, 3.8) is 0 Å². The first kappa shape index (κ1) is 8.60. The summed E-state index contributed by atoms with van der Waals surface area (Å²) in [5.74, 6) is 0. The predicted molar refractivity (Wildman–Crippen MR) is 39.4 cm³/mol. The van der Waals surface area contributed by atoms with Crippen LogP contribution in [0.2, 0.25) is 0 Å². The van der Waals surface area contributed by atoms with Crippen molar-refractivity contribution in [1.82, 2.24) is 15.7 Å². The minimum absolute atomic E-state index is 0.965. The van der Waals surface area contributed by atoms with E-state index in [2.05, 4.69) is 19.7 Å². The van der Waals surface area contributed by atoms with Crippen molar-refractivity contribution >= 4 is 0 Å². The summed E-state index contributed by atoms with van der Waals surface area (Å²) in [6.45, 7) is 10.3. The van der Waals surface area contributed by atoms with E-state index in [1.807, 2.05) is 0 Å². The molecule has 0 aromatic carbocycles. The largest absolute Gasteiger partial charge is 0.0971 e. The second-order valence-electron chi connectivity index (χ2n) is 1.65. The maximum atomic E-state index is 4.81. The average Bonchev–Trinajstić information content (AvgIpc) is 2.16. The van der Waals surface area contributed by atoms with E-state index in [1.165, 1.54) is 18.6 Å². The number of hydrogen-bond donors (Lipinski definition) is 0. The molecule has 0 atom stereocenters. The molecule has 1 saturated heterocycles. The molecule has 0 bridgehead atoms. The van der Waals surface area contributed by atoms with E-state index in [4.69, 9.17) is 14.8 Å². The van der Waals surface area contributed by atoms with Gasteiger partial charge in [-0.3, -0.25) is 0 Å². The predicted octanol–water partition coefficient (Wildman–Crippen LogP) is 0.876. The van der Waals surface area contributed by atoms with E-state index >= 15 is 0 Å². The summed E-state index contributed by atoms with van der Waals surface area (Å²) in [5, 5.41) is 2.90. The van der Waals surface area contributed by atoms with E-state index in [1.54, 1.807) is 0 Å². The van der Waals surface area contributed by atoms with Crippen LogP contribution in [0.4, 0.5) is 0 Å². The fraction of sp³-hybridized carbons (Fsp3) is 0. The van der Waals surface area contributed by atoms with Gasteiger partial charge >= 0.3 is 0 Å². The fourth-order valence-corrected chi connectivity index (χ4v) is 0.483. The van der Waals surface area contributed by atoms with Crippen molar-refractivity contribution in [1.29, 1.82) is 0 Å². The van der Waals surface area contributed by atoms with Crippen LogP contribution in [0, 0.1) is 0 Å². The second kappa shape index (κ2) is 3.77. The number of nitrogens with zero attached hydrogens (tertiary/aromatic N) is 3. The highest BCUT2D eigenvalue weighted by molar-refractivity contribution is 4.60. The van der Waals surface area contributed by atoms with Crippen molar-refractivity contribution in [2.45, 2.75) is 0 Å². The number of hydroxylamine groups is 6. The first-order valence-electron chi connectivity index (χ1n) is 3.09. The van der Waals surface area contributed by atoms with Gasteiger partial charge in [0, 0.05) is 0 Å². The van der Waals surface area contributed by atoms with Crippen molar-refractivity contribution in [2.24, 2.45) is 0 Å². The summed E-state index contributed by atoms with van der Waals surface area (Å²) in [6.07, 6.45) is 3.90. The number of rotatable bonds is 3. The molecule has 0 saturated carbocycles. The molecule has 1 aliphatic rings.